The van der Waals surface area contributed by atoms with Crippen molar-refractivity contribution >= 4 is 18.9 Å². The molecule has 58 valence electrons. The van der Waals surface area contributed by atoms with E-state index in [0.29, 0.717) is 0 Å². The second kappa shape index (κ2) is 3.51. The van der Waals surface area contributed by atoms with Crippen molar-refractivity contribution in [1.29, 1.82) is 0 Å². The number of ether oxygens (including phenoxy) is 1. The monoisotopic (exact) mass is 162 g/mol. The summed E-state index contributed by atoms with van der Waals surface area (Å²) in [5, 5.41) is 0. The fraction of sp³-hybridized carbons (Fsp3) is 1.00. The molecule has 0 N–H and O–H groups in total. The van der Waals surface area contributed by atoms with E-state index < -0.39 is 12.7 Å². The molecule has 0 fully saturated rings. The normalized spacial score (nSPS) is 12.6. The van der Waals surface area contributed by atoms with Crippen LogP contribution in [-0.2, 0) is 4.74 Å². The van der Waals surface area contributed by atoms with Gasteiger partial charge in [0.2, 0.25) is 0 Å². The first-order valence-corrected chi connectivity index (χ1v) is 1.54. The molecule has 0 unspecified atom stereocenters. The van der Waals surface area contributed by atoms with Crippen LogP contribution in [0.25, 0.3) is 0 Å². The van der Waals surface area contributed by atoms with Gasteiger partial charge in [0.1, 0.15) is 0 Å². The summed E-state index contributed by atoms with van der Waals surface area (Å²) < 4.78 is 65.3. The van der Waals surface area contributed by atoms with E-state index in [1.54, 1.807) is 4.74 Å². The van der Waals surface area contributed by atoms with Crippen molar-refractivity contribution in [3.63, 3.8) is 0 Å². The molecule has 0 aromatic rings. The Morgan fingerprint density at radius 1 is 0.700 bits per heavy atom. The summed E-state index contributed by atoms with van der Waals surface area (Å²) in [7, 11) is 0. The third-order valence-electron chi connectivity index (χ3n) is 0.231. The van der Waals surface area contributed by atoms with Gasteiger partial charge in [0, 0.05) is 0 Å². The molecule has 0 rings (SSSR count). The van der Waals surface area contributed by atoms with Crippen molar-refractivity contribution in [2.45, 2.75) is 12.7 Å². The predicted octanol–water partition coefficient (Wildman–Crippen LogP) is 1.39. The zero-order valence-electron chi connectivity index (χ0n) is 3.68. The molecule has 0 heterocycles. The predicted molar refractivity (Wildman–Crippen MR) is 20.3 cm³/mol. The van der Waals surface area contributed by atoms with Crippen molar-refractivity contribution in [2.75, 3.05) is 0 Å². The second-order valence-electron chi connectivity index (χ2n) is 0.994. The molecule has 8 heteroatoms. The third-order valence-corrected chi connectivity index (χ3v) is 0.231. The Labute approximate surface area is 63.5 Å². The molecule has 0 aliphatic carbocycles. The van der Waals surface area contributed by atoms with Crippen LogP contribution < -0.4 is 0 Å². The van der Waals surface area contributed by atoms with Crippen LogP contribution in [0.5, 0.6) is 0 Å². The summed E-state index contributed by atoms with van der Waals surface area (Å²) in [6, 6.07) is 0. The van der Waals surface area contributed by atoms with Crippen LogP contribution in [0.4, 0.5) is 26.3 Å². The minimum atomic E-state index is -5.64. The van der Waals surface area contributed by atoms with Gasteiger partial charge in [-0.15, -0.1) is 26.3 Å². The molecule has 10 heavy (non-hydrogen) atoms. The fourth-order valence-corrected chi connectivity index (χ4v) is 0.131. The first kappa shape index (κ1) is 12.8. The zero-order chi connectivity index (χ0) is 7.71. The number of alkyl halides is 6. The number of halogens is 6. The summed E-state index contributed by atoms with van der Waals surface area (Å²) in [5.41, 5.74) is 0. The Kier molecular flexibility index (Phi) is 4.48. The maximum atomic E-state index is 10.6. The Bertz CT molecular complexity index is 80.9. The first-order chi connectivity index (χ1) is 3.71. The number of hydrogen-bond donors (Lipinski definition) is 0. The van der Waals surface area contributed by atoms with E-state index in [4.69, 9.17) is 0 Å². The molecule has 0 amide bonds. The summed E-state index contributed by atoms with van der Waals surface area (Å²) >= 11 is 0. The molecular weight excluding hydrogens is 161 g/mol. The molecule has 0 aromatic heterocycles. The molecule has 0 aromatic carbocycles. The number of rotatable bonds is 0. The van der Waals surface area contributed by atoms with Crippen molar-refractivity contribution in [3.8, 4) is 0 Å². The van der Waals surface area contributed by atoms with Gasteiger partial charge >= 0.3 is 31.6 Å². The fourth-order valence-electron chi connectivity index (χ4n) is 0.131. The van der Waals surface area contributed by atoms with Gasteiger partial charge in [-0.25, -0.2) is 0 Å². The molecule has 1 nitrogen and oxygen atoms in total. The quantitative estimate of drug-likeness (QED) is 0.386. The van der Waals surface area contributed by atoms with Crippen LogP contribution in [0, 0.1) is 0 Å². The van der Waals surface area contributed by atoms with Crippen LogP contribution in [-0.4, -0.2) is 31.6 Å². The van der Waals surface area contributed by atoms with Gasteiger partial charge in [0.25, 0.3) is 0 Å². The maximum absolute atomic E-state index is 10.6. The summed E-state index contributed by atoms with van der Waals surface area (Å²) in [5.74, 6) is 0. The molecule has 0 aliphatic heterocycles. The average molecular weight is 162 g/mol. The second-order valence-corrected chi connectivity index (χ2v) is 0.994. The standard InChI is InChI=1S/C2F6O.Li.H/c3-1(4,5)9-2(6,7)8;;. The van der Waals surface area contributed by atoms with Gasteiger partial charge < -0.3 is 0 Å². The van der Waals surface area contributed by atoms with E-state index in [0.717, 1.165) is 0 Å². The van der Waals surface area contributed by atoms with E-state index >= 15 is 0 Å². The van der Waals surface area contributed by atoms with Crippen LogP contribution in [0.2, 0.25) is 0 Å². The van der Waals surface area contributed by atoms with E-state index in [9.17, 15) is 26.3 Å². The Morgan fingerprint density at radius 2 is 0.900 bits per heavy atom. The Balaban J connectivity index is 0. The van der Waals surface area contributed by atoms with Gasteiger partial charge in [0.15, 0.2) is 0 Å². The third kappa shape index (κ3) is 11.0. The zero-order valence-corrected chi connectivity index (χ0v) is 3.68. The summed E-state index contributed by atoms with van der Waals surface area (Å²) in [6.45, 7) is 0. The summed E-state index contributed by atoms with van der Waals surface area (Å²) in [6.07, 6.45) is -11.3. The van der Waals surface area contributed by atoms with Crippen LogP contribution >= 0.6 is 0 Å². The van der Waals surface area contributed by atoms with E-state index in [2.05, 4.69) is 0 Å². The molecule has 0 saturated heterocycles. The Morgan fingerprint density at radius 3 is 0.900 bits per heavy atom. The van der Waals surface area contributed by atoms with Crippen molar-refractivity contribution in [1.82, 2.24) is 0 Å². The van der Waals surface area contributed by atoms with Crippen LogP contribution in [0.3, 0.4) is 0 Å². The minimum absolute atomic E-state index is 0. The van der Waals surface area contributed by atoms with E-state index in [1.165, 1.54) is 0 Å². The molecule has 0 aliphatic rings. The van der Waals surface area contributed by atoms with E-state index in [1.807, 2.05) is 0 Å². The number of hydrogen-bond acceptors (Lipinski definition) is 1. The van der Waals surface area contributed by atoms with Crippen LogP contribution in [0.1, 0.15) is 0 Å². The van der Waals surface area contributed by atoms with E-state index in [-0.39, 0.29) is 18.9 Å². The molecule has 0 saturated carbocycles. The molecule has 0 radical (unpaired) electrons. The van der Waals surface area contributed by atoms with Gasteiger partial charge in [-0.2, -0.15) is 4.74 Å². The van der Waals surface area contributed by atoms with Gasteiger partial charge in [0.05, 0.1) is 0 Å². The topological polar surface area (TPSA) is 9.23 Å². The molecule has 0 bridgehead atoms. The Hall–Kier alpha value is 0.137. The van der Waals surface area contributed by atoms with Crippen molar-refractivity contribution in [3.05, 3.63) is 0 Å². The van der Waals surface area contributed by atoms with Gasteiger partial charge in [-0.1, -0.05) is 0 Å². The van der Waals surface area contributed by atoms with Crippen molar-refractivity contribution in [2.24, 2.45) is 0 Å². The summed E-state index contributed by atoms with van der Waals surface area (Å²) in [4.78, 5) is 0. The SMILES string of the molecule is FC(F)(F)OC(F)(F)F.[LiH]. The first-order valence-electron chi connectivity index (χ1n) is 1.54. The molecule has 0 atom stereocenters. The molecular formula is C2HF6LiO. The van der Waals surface area contributed by atoms with Crippen LogP contribution in [0.15, 0.2) is 0 Å². The van der Waals surface area contributed by atoms with Gasteiger partial charge in [-0.3, -0.25) is 0 Å². The molecule has 0 spiro atoms. The van der Waals surface area contributed by atoms with Gasteiger partial charge in [-0.05, 0) is 0 Å². The average Bonchev–Trinajstić information content (AvgIpc) is 1.14. The van der Waals surface area contributed by atoms with Crippen molar-refractivity contribution < 1.29 is 31.1 Å².